The van der Waals surface area contributed by atoms with E-state index in [-0.39, 0.29) is 11.1 Å². The molecule has 2 heterocycles. The molecule has 6 nitrogen and oxygen atoms in total. The predicted octanol–water partition coefficient (Wildman–Crippen LogP) is 4.21. The van der Waals surface area contributed by atoms with Crippen LogP contribution >= 0.6 is 11.8 Å². The molecule has 2 aromatic rings. The van der Waals surface area contributed by atoms with Gasteiger partial charge in [0.1, 0.15) is 28.5 Å². The van der Waals surface area contributed by atoms with Crippen molar-refractivity contribution in [1.82, 2.24) is 5.32 Å². The number of amides is 2. The fourth-order valence-electron chi connectivity index (χ4n) is 4.31. The van der Waals surface area contributed by atoms with Crippen molar-refractivity contribution in [3.8, 4) is 11.5 Å². The summed E-state index contributed by atoms with van der Waals surface area (Å²) in [5.74, 6) is 0.851. The largest absolute Gasteiger partial charge is 0.507 e. The monoisotopic (exact) mass is 427 g/mol. The highest BCUT2D eigenvalue weighted by molar-refractivity contribution is 8.15. The number of fused-ring (bicyclic) bond motifs is 1. The molecule has 2 aliphatic heterocycles. The highest BCUT2D eigenvalue weighted by Crippen LogP contribution is 2.48. The molecule has 0 spiro atoms. The van der Waals surface area contributed by atoms with Gasteiger partial charge in [0, 0.05) is 19.1 Å². The lowest BCUT2D eigenvalue weighted by Crippen LogP contribution is -2.30. The Morgan fingerprint density at radius 1 is 1.17 bits per heavy atom. The molecule has 4 rings (SSSR count). The van der Waals surface area contributed by atoms with E-state index in [4.69, 9.17) is 9.47 Å². The first-order chi connectivity index (χ1) is 14.2. The third kappa shape index (κ3) is 3.17. The maximum Gasteiger partial charge on any atom is 0.286 e. The number of nitrogens with one attached hydrogen (secondary N) is 1. The van der Waals surface area contributed by atoms with Crippen LogP contribution in [0.2, 0.25) is 0 Å². The van der Waals surface area contributed by atoms with Crippen molar-refractivity contribution in [3.63, 3.8) is 0 Å². The van der Waals surface area contributed by atoms with Crippen LogP contribution in [0.1, 0.15) is 46.4 Å². The number of imide groups is 1. The van der Waals surface area contributed by atoms with Crippen LogP contribution in [0, 0.1) is 20.8 Å². The molecule has 0 aliphatic carbocycles. The summed E-state index contributed by atoms with van der Waals surface area (Å²) in [6, 6.07) is 7.79. The van der Waals surface area contributed by atoms with Gasteiger partial charge >= 0.3 is 0 Å². The highest BCUT2D eigenvalue weighted by Gasteiger charge is 2.41. The molecular formula is C23H25NO5S. The fraction of sp³-hybridized carbons (Fsp3) is 0.391. The Balaban J connectivity index is 1.63. The van der Waals surface area contributed by atoms with Crippen molar-refractivity contribution in [2.75, 3.05) is 7.11 Å². The lowest BCUT2D eigenvalue weighted by atomic mass is 9.87. The van der Waals surface area contributed by atoms with Crippen LogP contribution in [0.3, 0.4) is 0 Å². The first-order valence-corrected chi connectivity index (χ1v) is 10.7. The van der Waals surface area contributed by atoms with E-state index < -0.39 is 17.0 Å². The topological polar surface area (TPSA) is 84.9 Å². The van der Waals surface area contributed by atoms with Crippen molar-refractivity contribution in [2.24, 2.45) is 0 Å². The van der Waals surface area contributed by atoms with E-state index in [1.807, 2.05) is 52.0 Å². The summed E-state index contributed by atoms with van der Waals surface area (Å²) in [7, 11) is 1.54. The molecule has 30 heavy (non-hydrogen) atoms. The van der Waals surface area contributed by atoms with Gasteiger partial charge in [0.15, 0.2) is 0 Å². The molecule has 1 saturated heterocycles. The minimum atomic E-state index is -0.604. The summed E-state index contributed by atoms with van der Waals surface area (Å²) in [4.78, 5) is 23.6. The van der Waals surface area contributed by atoms with Gasteiger partial charge in [0.25, 0.3) is 5.24 Å². The molecule has 0 bridgehead atoms. The van der Waals surface area contributed by atoms with E-state index in [0.717, 1.165) is 50.9 Å². The zero-order valence-electron chi connectivity index (χ0n) is 17.7. The van der Waals surface area contributed by atoms with Crippen LogP contribution < -0.4 is 10.1 Å². The van der Waals surface area contributed by atoms with E-state index in [1.54, 1.807) is 0 Å². The number of benzene rings is 2. The van der Waals surface area contributed by atoms with E-state index in [9.17, 15) is 14.7 Å². The Hall–Kier alpha value is -2.51. The molecule has 3 atom stereocenters. The molecular weight excluding hydrogens is 402 g/mol. The lowest BCUT2D eigenvalue weighted by molar-refractivity contribution is -0.121. The van der Waals surface area contributed by atoms with Gasteiger partial charge in [0.05, 0.1) is 0 Å². The second-order valence-corrected chi connectivity index (χ2v) is 9.25. The highest BCUT2D eigenvalue weighted by atomic mass is 32.2. The minimum absolute atomic E-state index is 0.330. The normalized spacial score (nSPS) is 23.8. The Morgan fingerprint density at radius 3 is 2.40 bits per heavy atom. The van der Waals surface area contributed by atoms with Gasteiger partial charge in [-0.1, -0.05) is 24.3 Å². The van der Waals surface area contributed by atoms with Gasteiger partial charge in [-0.05, 0) is 67.3 Å². The Bertz CT molecular complexity index is 1010. The number of carbonyl (C=O) groups is 2. The summed E-state index contributed by atoms with van der Waals surface area (Å²) in [5, 5.41) is 11.8. The predicted molar refractivity (Wildman–Crippen MR) is 115 cm³/mol. The molecule has 0 radical (unpaired) electrons. The maximum atomic E-state index is 12.1. The molecule has 2 aromatic carbocycles. The maximum absolute atomic E-state index is 12.1. The SMILES string of the molecule is COC(c1ccc(C2(C)Cc3c(C)c(O)c(C)c(C)c3O2)cc1)C1SC(=O)NC1=O. The average Bonchev–Trinajstić information content (AvgIpc) is 3.26. The van der Waals surface area contributed by atoms with Gasteiger partial charge in [-0.25, -0.2) is 0 Å². The van der Waals surface area contributed by atoms with Crippen LogP contribution in [-0.2, 0) is 21.6 Å². The van der Waals surface area contributed by atoms with E-state index in [1.165, 1.54) is 7.11 Å². The summed E-state index contributed by atoms with van der Waals surface area (Å²) in [6.45, 7) is 7.84. The summed E-state index contributed by atoms with van der Waals surface area (Å²) < 4.78 is 12.0. The molecule has 0 aromatic heterocycles. The van der Waals surface area contributed by atoms with Gasteiger partial charge in [-0.2, -0.15) is 0 Å². The Labute approximate surface area is 180 Å². The number of phenolic OH excluding ortho intramolecular Hbond substituents is 1. The standard InChI is InChI=1S/C23H25NO5S/c1-11-12(2)18-16(13(3)17(11)25)10-23(4,29-18)15-8-6-14(7-9-15)19(28-5)20-21(26)24-22(27)30-20/h6-9,19-20,25H,10H2,1-5H3,(H,24,26,27). The van der Waals surface area contributed by atoms with Crippen molar-refractivity contribution in [2.45, 2.75) is 51.1 Å². The summed E-state index contributed by atoms with van der Waals surface area (Å²) in [6.07, 6.45) is 0.139. The van der Waals surface area contributed by atoms with Crippen LogP contribution in [0.5, 0.6) is 11.5 Å². The number of hydrogen-bond donors (Lipinski definition) is 2. The van der Waals surface area contributed by atoms with Gasteiger partial charge in [0.2, 0.25) is 5.91 Å². The lowest BCUT2D eigenvalue weighted by Gasteiger charge is -2.26. The fourth-order valence-corrected chi connectivity index (χ4v) is 5.26. The molecule has 7 heteroatoms. The van der Waals surface area contributed by atoms with Gasteiger partial charge < -0.3 is 14.6 Å². The van der Waals surface area contributed by atoms with Crippen LogP contribution in [0.4, 0.5) is 4.79 Å². The molecule has 1 fully saturated rings. The number of aromatic hydroxyl groups is 1. The molecule has 3 unspecified atom stereocenters. The number of methoxy groups -OCH3 is 1. The van der Waals surface area contributed by atoms with Crippen molar-refractivity contribution in [3.05, 3.63) is 57.6 Å². The minimum Gasteiger partial charge on any atom is -0.507 e. The van der Waals surface area contributed by atoms with E-state index in [2.05, 4.69) is 5.32 Å². The van der Waals surface area contributed by atoms with E-state index >= 15 is 0 Å². The Morgan fingerprint density at radius 2 is 1.83 bits per heavy atom. The molecule has 158 valence electrons. The first kappa shape index (κ1) is 20.8. The van der Waals surface area contributed by atoms with Crippen molar-refractivity contribution >= 4 is 22.9 Å². The third-order valence-corrected chi connectivity index (χ3v) is 7.31. The van der Waals surface area contributed by atoms with Crippen molar-refractivity contribution in [1.29, 1.82) is 0 Å². The smallest absolute Gasteiger partial charge is 0.286 e. The number of hydrogen-bond acceptors (Lipinski definition) is 6. The van der Waals surface area contributed by atoms with E-state index in [0.29, 0.717) is 12.2 Å². The second kappa shape index (κ2) is 7.32. The van der Waals surface area contributed by atoms with Crippen LogP contribution in [0.25, 0.3) is 0 Å². The number of ether oxygens (including phenoxy) is 2. The van der Waals surface area contributed by atoms with Gasteiger partial charge in [-0.15, -0.1) is 0 Å². The number of phenols is 1. The number of carbonyl (C=O) groups excluding carboxylic acids is 2. The average molecular weight is 428 g/mol. The number of rotatable bonds is 4. The third-order valence-electron chi connectivity index (χ3n) is 6.28. The molecule has 0 saturated carbocycles. The quantitative estimate of drug-likeness (QED) is 0.761. The zero-order chi connectivity index (χ0) is 21.8. The Kier molecular flexibility index (Phi) is 5.06. The number of thioether (sulfide) groups is 1. The van der Waals surface area contributed by atoms with Crippen LogP contribution in [0.15, 0.2) is 24.3 Å². The molecule has 2 aliphatic rings. The van der Waals surface area contributed by atoms with Gasteiger partial charge in [-0.3, -0.25) is 14.9 Å². The first-order valence-electron chi connectivity index (χ1n) is 9.81. The van der Waals surface area contributed by atoms with Crippen LogP contribution in [-0.4, -0.2) is 28.6 Å². The molecule has 2 N–H and O–H groups in total. The van der Waals surface area contributed by atoms with Crippen molar-refractivity contribution < 1.29 is 24.2 Å². The molecule has 2 amide bonds. The second-order valence-electron chi connectivity index (χ2n) is 8.13. The summed E-state index contributed by atoms with van der Waals surface area (Å²) in [5.41, 5.74) is 4.96. The summed E-state index contributed by atoms with van der Waals surface area (Å²) >= 11 is 0.954. The zero-order valence-corrected chi connectivity index (χ0v) is 18.5.